The van der Waals surface area contributed by atoms with E-state index in [4.69, 9.17) is 19.9 Å². The Kier molecular flexibility index (Phi) is 11.5. The Morgan fingerprint density at radius 2 is 1.58 bits per heavy atom. The van der Waals surface area contributed by atoms with Crippen molar-refractivity contribution in [2.24, 2.45) is 11.1 Å². The van der Waals surface area contributed by atoms with Gasteiger partial charge >= 0.3 is 0 Å². The van der Waals surface area contributed by atoms with Crippen molar-refractivity contribution in [3.63, 3.8) is 0 Å². The maximum Gasteiger partial charge on any atom is 0.0701 e. The fourth-order valence-corrected chi connectivity index (χ4v) is 1.68. The molecule has 0 saturated heterocycles. The van der Waals surface area contributed by atoms with Gasteiger partial charge in [-0.2, -0.15) is 0 Å². The Morgan fingerprint density at radius 1 is 1.00 bits per heavy atom. The highest BCUT2D eigenvalue weighted by Crippen LogP contribution is 2.14. The Balaban J connectivity index is 3.51. The molecule has 0 aromatic carbocycles. The molecule has 5 nitrogen and oxygen atoms in total. The van der Waals surface area contributed by atoms with E-state index in [1.54, 1.807) is 7.11 Å². The summed E-state index contributed by atoms with van der Waals surface area (Å²) in [6.45, 7) is 13.5. The van der Waals surface area contributed by atoms with Crippen molar-refractivity contribution >= 4 is 0 Å². The number of nitrogens with zero attached hydrogens (tertiary/aromatic N) is 1. The van der Waals surface area contributed by atoms with Crippen LogP contribution >= 0.6 is 0 Å². The van der Waals surface area contributed by atoms with Crippen molar-refractivity contribution in [2.45, 2.75) is 20.8 Å². The second kappa shape index (κ2) is 11.6. The van der Waals surface area contributed by atoms with Gasteiger partial charge in [0, 0.05) is 20.2 Å². The molecule has 0 amide bonds. The van der Waals surface area contributed by atoms with Gasteiger partial charge in [0.25, 0.3) is 0 Å². The average molecular weight is 276 g/mol. The first kappa shape index (κ1) is 18.8. The number of likely N-dealkylation sites (N-methyl/N-ethyl adjacent to an activating group) is 1. The van der Waals surface area contributed by atoms with Crippen LogP contribution in [0.1, 0.15) is 20.8 Å². The zero-order valence-electron chi connectivity index (χ0n) is 13.1. The molecule has 0 atom stereocenters. The summed E-state index contributed by atoms with van der Waals surface area (Å²) in [5.74, 6) is 0. The highest BCUT2D eigenvalue weighted by molar-refractivity contribution is 4.74. The second-order valence-corrected chi connectivity index (χ2v) is 5.45. The van der Waals surface area contributed by atoms with Gasteiger partial charge in [-0.05, 0) is 18.5 Å². The predicted octanol–water partition coefficient (Wildman–Crippen LogP) is 0.973. The van der Waals surface area contributed by atoms with Crippen molar-refractivity contribution < 1.29 is 14.2 Å². The third-order valence-electron chi connectivity index (χ3n) is 3.01. The molecule has 0 bridgehead atoms. The van der Waals surface area contributed by atoms with Crippen LogP contribution in [-0.4, -0.2) is 71.2 Å². The van der Waals surface area contributed by atoms with Gasteiger partial charge < -0.3 is 24.8 Å². The third kappa shape index (κ3) is 11.3. The molecule has 0 aliphatic heterocycles. The van der Waals surface area contributed by atoms with E-state index in [0.717, 1.165) is 26.2 Å². The molecule has 0 spiro atoms. The molecule has 0 aliphatic rings. The molecule has 0 aliphatic carbocycles. The summed E-state index contributed by atoms with van der Waals surface area (Å²) in [4.78, 5) is 2.37. The number of hydrogen-bond acceptors (Lipinski definition) is 5. The summed E-state index contributed by atoms with van der Waals surface area (Å²) in [6, 6.07) is 0. The van der Waals surface area contributed by atoms with E-state index in [0.29, 0.717) is 33.0 Å². The number of ether oxygens (including phenoxy) is 3. The predicted molar refractivity (Wildman–Crippen MR) is 78.5 cm³/mol. The molecular weight excluding hydrogens is 244 g/mol. The van der Waals surface area contributed by atoms with Crippen molar-refractivity contribution in [3.05, 3.63) is 0 Å². The molecule has 0 fully saturated rings. The summed E-state index contributed by atoms with van der Waals surface area (Å²) < 4.78 is 15.8. The summed E-state index contributed by atoms with van der Waals surface area (Å²) in [7, 11) is 1.67. The van der Waals surface area contributed by atoms with Crippen molar-refractivity contribution in [1.82, 2.24) is 4.90 Å². The lowest BCUT2D eigenvalue weighted by Gasteiger charge is -2.30. The lowest BCUT2D eigenvalue weighted by Crippen LogP contribution is -2.40. The first-order valence-corrected chi connectivity index (χ1v) is 7.12. The molecule has 0 rings (SSSR count). The first-order chi connectivity index (χ1) is 9.05. The molecular formula is C14H32N2O3. The second-order valence-electron chi connectivity index (χ2n) is 5.45. The summed E-state index contributed by atoms with van der Waals surface area (Å²) in [5, 5.41) is 0. The van der Waals surface area contributed by atoms with Crippen LogP contribution in [0.15, 0.2) is 0 Å². The lowest BCUT2D eigenvalue weighted by atomic mass is 9.93. The van der Waals surface area contributed by atoms with E-state index < -0.39 is 0 Å². The molecule has 0 aromatic rings. The summed E-state index contributed by atoms with van der Waals surface area (Å²) in [5.41, 5.74) is 5.92. The van der Waals surface area contributed by atoms with E-state index >= 15 is 0 Å². The van der Waals surface area contributed by atoms with Crippen LogP contribution < -0.4 is 5.73 Å². The maximum atomic E-state index is 5.76. The largest absolute Gasteiger partial charge is 0.382 e. The van der Waals surface area contributed by atoms with Crippen LogP contribution in [0.2, 0.25) is 0 Å². The number of methoxy groups -OCH3 is 1. The van der Waals surface area contributed by atoms with Gasteiger partial charge in [0.2, 0.25) is 0 Å². The minimum absolute atomic E-state index is 0.166. The van der Waals surface area contributed by atoms with Crippen molar-refractivity contribution in [1.29, 1.82) is 0 Å². The molecule has 0 heterocycles. The first-order valence-electron chi connectivity index (χ1n) is 7.12. The van der Waals surface area contributed by atoms with Crippen molar-refractivity contribution in [3.8, 4) is 0 Å². The van der Waals surface area contributed by atoms with E-state index in [1.807, 2.05) is 0 Å². The zero-order chi connectivity index (χ0) is 14.6. The lowest BCUT2D eigenvalue weighted by molar-refractivity contribution is 0.0178. The molecule has 0 aromatic heterocycles. The summed E-state index contributed by atoms with van der Waals surface area (Å²) in [6.07, 6.45) is 0. The third-order valence-corrected chi connectivity index (χ3v) is 3.01. The monoisotopic (exact) mass is 276 g/mol. The highest BCUT2D eigenvalue weighted by Gasteiger charge is 2.18. The smallest absolute Gasteiger partial charge is 0.0701 e. The molecule has 2 N–H and O–H groups in total. The normalized spacial score (nSPS) is 12.3. The van der Waals surface area contributed by atoms with E-state index in [2.05, 4.69) is 25.7 Å². The minimum atomic E-state index is 0.166. The molecule has 0 radical (unpaired) electrons. The Bertz CT molecular complexity index is 201. The molecule has 19 heavy (non-hydrogen) atoms. The van der Waals surface area contributed by atoms with Crippen LogP contribution in [0.3, 0.4) is 0 Å². The van der Waals surface area contributed by atoms with Gasteiger partial charge in [-0.3, -0.25) is 0 Å². The maximum absolute atomic E-state index is 5.76. The van der Waals surface area contributed by atoms with Gasteiger partial charge in [-0.1, -0.05) is 20.8 Å². The quantitative estimate of drug-likeness (QED) is 0.508. The average Bonchev–Trinajstić information content (AvgIpc) is 2.40. The van der Waals surface area contributed by atoms with Crippen LogP contribution in [0.25, 0.3) is 0 Å². The number of rotatable bonds is 13. The minimum Gasteiger partial charge on any atom is -0.382 e. The zero-order valence-corrected chi connectivity index (χ0v) is 13.1. The number of nitrogens with two attached hydrogens (primary N) is 1. The SMILES string of the molecule is CCN(CCOCCOCCOC)CC(C)(C)CN. The Labute approximate surface area is 118 Å². The fourth-order valence-electron chi connectivity index (χ4n) is 1.68. The van der Waals surface area contributed by atoms with Crippen LogP contribution in [-0.2, 0) is 14.2 Å². The molecule has 0 unspecified atom stereocenters. The molecule has 5 heteroatoms. The van der Waals surface area contributed by atoms with Crippen LogP contribution in [0.4, 0.5) is 0 Å². The van der Waals surface area contributed by atoms with E-state index in [-0.39, 0.29) is 5.41 Å². The fraction of sp³-hybridized carbons (Fsp3) is 1.00. The Hall–Kier alpha value is -0.200. The number of hydrogen-bond donors (Lipinski definition) is 1. The topological polar surface area (TPSA) is 57.0 Å². The van der Waals surface area contributed by atoms with Crippen LogP contribution in [0, 0.1) is 5.41 Å². The van der Waals surface area contributed by atoms with Gasteiger partial charge in [0.05, 0.1) is 33.0 Å². The van der Waals surface area contributed by atoms with Crippen LogP contribution in [0.5, 0.6) is 0 Å². The van der Waals surface area contributed by atoms with Gasteiger partial charge in [-0.25, -0.2) is 0 Å². The van der Waals surface area contributed by atoms with Gasteiger partial charge in [0.1, 0.15) is 0 Å². The standard InChI is InChI=1S/C14H32N2O3/c1-5-16(13-14(2,3)12-15)6-7-18-10-11-19-9-8-17-4/h5-13,15H2,1-4H3. The van der Waals surface area contributed by atoms with E-state index in [9.17, 15) is 0 Å². The van der Waals surface area contributed by atoms with Gasteiger partial charge in [0.15, 0.2) is 0 Å². The summed E-state index contributed by atoms with van der Waals surface area (Å²) >= 11 is 0. The van der Waals surface area contributed by atoms with Gasteiger partial charge in [-0.15, -0.1) is 0 Å². The van der Waals surface area contributed by atoms with Crippen molar-refractivity contribution in [2.75, 3.05) is 66.3 Å². The molecule has 116 valence electrons. The highest BCUT2D eigenvalue weighted by atomic mass is 16.5. The Morgan fingerprint density at radius 3 is 2.11 bits per heavy atom. The molecule has 0 saturated carbocycles. The van der Waals surface area contributed by atoms with E-state index in [1.165, 1.54) is 0 Å².